The van der Waals surface area contributed by atoms with Crippen LogP contribution >= 0.6 is 23.2 Å². The first-order valence-corrected chi connectivity index (χ1v) is 5.78. The van der Waals surface area contributed by atoms with Gasteiger partial charge >= 0.3 is 0 Å². The highest BCUT2D eigenvalue weighted by molar-refractivity contribution is 6.34. The Morgan fingerprint density at radius 2 is 1.75 bits per heavy atom. The molecule has 0 nitrogen and oxygen atoms in total. The number of benzene rings is 2. The number of aryl methyl sites for hydroxylation is 2. The molecule has 0 atom stereocenters. The Kier molecular flexibility index (Phi) is 3.22. The van der Waals surface area contributed by atoms with Gasteiger partial charge in [0.05, 0.1) is 0 Å². The molecule has 16 heavy (non-hydrogen) atoms. The van der Waals surface area contributed by atoms with Crippen LogP contribution in [0, 0.1) is 19.9 Å². The Morgan fingerprint density at radius 1 is 1.00 bits per heavy atom. The van der Waals surface area contributed by atoms with Crippen molar-refractivity contribution >= 4 is 23.2 Å². The third kappa shape index (κ3) is 2.23. The maximum atomic E-state index is 6.20. The van der Waals surface area contributed by atoms with Gasteiger partial charge in [-0.15, -0.1) is 0 Å². The van der Waals surface area contributed by atoms with Gasteiger partial charge in [-0.2, -0.15) is 0 Å². The molecule has 0 aliphatic rings. The Morgan fingerprint density at radius 3 is 2.50 bits per heavy atom. The van der Waals surface area contributed by atoms with Crippen LogP contribution in [0.2, 0.25) is 10.0 Å². The summed E-state index contributed by atoms with van der Waals surface area (Å²) < 4.78 is 0. The number of hydrogen-bond acceptors (Lipinski definition) is 0. The van der Waals surface area contributed by atoms with E-state index in [1.165, 1.54) is 5.56 Å². The summed E-state index contributed by atoms with van der Waals surface area (Å²) in [5.41, 5.74) is 4.40. The summed E-state index contributed by atoms with van der Waals surface area (Å²) in [6.45, 7) is 4.08. The summed E-state index contributed by atoms with van der Waals surface area (Å²) in [6, 6.07) is 12.7. The fraction of sp³-hybridized carbons (Fsp3) is 0.143. The van der Waals surface area contributed by atoms with E-state index >= 15 is 0 Å². The molecule has 2 heteroatoms. The van der Waals surface area contributed by atoms with E-state index in [1.54, 1.807) is 0 Å². The van der Waals surface area contributed by atoms with Crippen LogP contribution < -0.4 is 0 Å². The minimum absolute atomic E-state index is 0.609. The van der Waals surface area contributed by atoms with Gasteiger partial charge in [-0.25, -0.2) is 0 Å². The zero-order valence-corrected chi connectivity index (χ0v) is 10.7. The van der Waals surface area contributed by atoms with Gasteiger partial charge in [-0.05, 0) is 49.2 Å². The molecule has 0 aromatic heterocycles. The van der Waals surface area contributed by atoms with E-state index in [0.29, 0.717) is 5.02 Å². The van der Waals surface area contributed by atoms with E-state index in [2.05, 4.69) is 12.1 Å². The molecular weight excluding hydrogens is 239 g/mol. The quantitative estimate of drug-likeness (QED) is 0.662. The van der Waals surface area contributed by atoms with Crippen molar-refractivity contribution in [3.05, 3.63) is 57.6 Å². The van der Waals surface area contributed by atoms with Crippen LogP contribution in [0.25, 0.3) is 11.1 Å². The smallest absolute Gasteiger partial charge is 0.0491 e. The molecule has 0 unspecified atom stereocenters. The summed E-state index contributed by atoms with van der Waals surface area (Å²) in [4.78, 5) is 0. The van der Waals surface area contributed by atoms with Gasteiger partial charge in [0.1, 0.15) is 0 Å². The van der Waals surface area contributed by atoms with E-state index < -0.39 is 0 Å². The average molecular weight is 250 g/mol. The lowest BCUT2D eigenvalue weighted by atomic mass is 9.99. The van der Waals surface area contributed by atoms with Crippen LogP contribution in [0.4, 0.5) is 0 Å². The highest BCUT2D eigenvalue weighted by Gasteiger charge is 2.07. The Bertz CT molecular complexity index is 481. The molecule has 0 aliphatic carbocycles. The second-order valence-electron chi connectivity index (χ2n) is 3.86. The van der Waals surface area contributed by atoms with Gasteiger partial charge in [-0.1, -0.05) is 34.8 Å². The molecule has 0 heterocycles. The van der Waals surface area contributed by atoms with Crippen LogP contribution in [0.1, 0.15) is 11.1 Å². The molecule has 0 bridgehead atoms. The highest BCUT2D eigenvalue weighted by Crippen LogP contribution is 2.32. The van der Waals surface area contributed by atoms with Crippen molar-refractivity contribution in [3.63, 3.8) is 0 Å². The van der Waals surface area contributed by atoms with Gasteiger partial charge in [-0.3, -0.25) is 0 Å². The Balaban J connectivity index is 2.66. The summed E-state index contributed by atoms with van der Waals surface area (Å²) in [7, 11) is 0. The number of hydrogen-bond donors (Lipinski definition) is 0. The molecule has 2 rings (SSSR count). The van der Waals surface area contributed by atoms with Gasteiger partial charge in [0.25, 0.3) is 0 Å². The van der Waals surface area contributed by atoms with Gasteiger partial charge in [0.2, 0.25) is 0 Å². The molecule has 0 fully saturated rings. The van der Waals surface area contributed by atoms with Crippen molar-refractivity contribution < 1.29 is 0 Å². The summed E-state index contributed by atoms with van der Waals surface area (Å²) in [6.07, 6.45) is 0. The van der Waals surface area contributed by atoms with Crippen LogP contribution in [-0.4, -0.2) is 0 Å². The van der Waals surface area contributed by atoms with Crippen molar-refractivity contribution in [1.29, 1.82) is 0 Å². The minimum atomic E-state index is 0.609. The van der Waals surface area contributed by atoms with Crippen molar-refractivity contribution in [2.45, 2.75) is 13.8 Å². The van der Waals surface area contributed by atoms with E-state index in [9.17, 15) is 0 Å². The third-order valence-electron chi connectivity index (χ3n) is 2.53. The van der Waals surface area contributed by atoms with E-state index in [1.807, 2.05) is 38.1 Å². The molecule has 0 amide bonds. The van der Waals surface area contributed by atoms with Crippen LogP contribution in [0.3, 0.4) is 0 Å². The molecular formula is C14H11Cl2. The lowest BCUT2D eigenvalue weighted by molar-refractivity contribution is 1.42. The first-order chi connectivity index (χ1) is 7.58. The second kappa shape index (κ2) is 4.48. The maximum Gasteiger partial charge on any atom is 0.0491 e. The number of rotatable bonds is 1. The average Bonchev–Trinajstić information content (AvgIpc) is 2.25. The van der Waals surface area contributed by atoms with Crippen molar-refractivity contribution in [2.75, 3.05) is 0 Å². The van der Waals surface area contributed by atoms with Crippen molar-refractivity contribution in [2.24, 2.45) is 0 Å². The van der Waals surface area contributed by atoms with E-state index in [0.717, 1.165) is 21.7 Å². The van der Waals surface area contributed by atoms with Gasteiger partial charge in [0.15, 0.2) is 0 Å². The summed E-state index contributed by atoms with van der Waals surface area (Å²) >= 11 is 12.2. The fourth-order valence-corrected chi connectivity index (χ4v) is 2.06. The normalized spacial score (nSPS) is 10.5. The first kappa shape index (κ1) is 11.5. The Labute approximate surface area is 106 Å². The molecule has 2 aromatic rings. The lowest BCUT2D eigenvalue weighted by Gasteiger charge is -2.09. The van der Waals surface area contributed by atoms with Crippen LogP contribution in [-0.2, 0) is 0 Å². The molecule has 2 aromatic carbocycles. The molecule has 1 radical (unpaired) electrons. The predicted molar refractivity (Wildman–Crippen MR) is 70.2 cm³/mol. The van der Waals surface area contributed by atoms with Crippen LogP contribution in [0.5, 0.6) is 0 Å². The van der Waals surface area contributed by atoms with E-state index in [-0.39, 0.29) is 0 Å². The number of halogens is 2. The predicted octanol–water partition coefficient (Wildman–Crippen LogP) is 5.08. The lowest BCUT2D eigenvalue weighted by Crippen LogP contribution is -1.86. The van der Waals surface area contributed by atoms with Crippen LogP contribution in [0.15, 0.2) is 30.3 Å². The largest absolute Gasteiger partial charge is 0.0837 e. The van der Waals surface area contributed by atoms with Crippen molar-refractivity contribution in [3.8, 4) is 11.1 Å². The fourth-order valence-electron chi connectivity index (χ4n) is 1.67. The zero-order valence-electron chi connectivity index (χ0n) is 9.14. The molecule has 81 valence electrons. The van der Waals surface area contributed by atoms with Crippen molar-refractivity contribution in [1.82, 2.24) is 0 Å². The van der Waals surface area contributed by atoms with E-state index in [4.69, 9.17) is 23.2 Å². The second-order valence-corrected chi connectivity index (χ2v) is 4.68. The molecule has 0 saturated heterocycles. The SMILES string of the molecule is Cc1ccc(Cl)c(-c2cc(Cl)[c]cc2C)c1. The Hall–Kier alpha value is -0.980. The van der Waals surface area contributed by atoms with Gasteiger partial charge in [0, 0.05) is 21.7 Å². The standard InChI is InChI=1S/C14H11Cl2/c1-9-3-6-14(16)13(7-9)12-8-11(15)5-4-10(12)2/h3-4,6-8H,1-2H3. The monoisotopic (exact) mass is 249 g/mol. The summed E-state index contributed by atoms with van der Waals surface area (Å²) in [5.74, 6) is 0. The molecule has 0 aliphatic heterocycles. The minimum Gasteiger partial charge on any atom is -0.0837 e. The first-order valence-electron chi connectivity index (χ1n) is 5.02. The molecule has 0 N–H and O–H groups in total. The molecule has 0 spiro atoms. The summed E-state index contributed by atoms with van der Waals surface area (Å²) in [5, 5.41) is 1.36. The third-order valence-corrected chi connectivity index (χ3v) is 3.08. The highest BCUT2D eigenvalue weighted by atomic mass is 35.5. The maximum absolute atomic E-state index is 6.20. The molecule has 0 saturated carbocycles. The van der Waals surface area contributed by atoms with Gasteiger partial charge < -0.3 is 0 Å². The topological polar surface area (TPSA) is 0 Å². The zero-order chi connectivity index (χ0) is 11.7.